The number of benzene rings is 1. The summed E-state index contributed by atoms with van der Waals surface area (Å²) in [6.45, 7) is 5.92. The van der Waals surface area contributed by atoms with Gasteiger partial charge in [0, 0.05) is 0 Å². The zero-order valence-electron chi connectivity index (χ0n) is 11.9. The van der Waals surface area contributed by atoms with Crippen LogP contribution in [0, 0.1) is 0 Å². The van der Waals surface area contributed by atoms with E-state index in [0.29, 0.717) is 24.0 Å². The number of aryl methyl sites for hydroxylation is 3. The van der Waals surface area contributed by atoms with E-state index in [1.54, 1.807) is 12.1 Å². The molecule has 0 unspecified atom stereocenters. The molecule has 0 atom stereocenters. The molecule has 0 aromatic heterocycles. The molecule has 0 radical (unpaired) electrons. The third kappa shape index (κ3) is 4.44. The van der Waals surface area contributed by atoms with Gasteiger partial charge >= 0.3 is 0 Å². The van der Waals surface area contributed by atoms with E-state index in [1.165, 1.54) is 0 Å². The molecule has 4 heteroatoms. The molecule has 0 aliphatic heterocycles. The zero-order chi connectivity index (χ0) is 14.5. The lowest BCUT2D eigenvalue weighted by Gasteiger charge is -2.20. The molecule has 0 amide bonds. The highest BCUT2D eigenvalue weighted by Gasteiger charge is 2.30. The van der Waals surface area contributed by atoms with E-state index in [4.69, 9.17) is 0 Å². The second-order valence-corrected chi connectivity index (χ2v) is 6.12. The molecule has 0 N–H and O–H groups in total. The normalized spacial score (nSPS) is 12.7. The minimum Gasteiger partial charge on any atom is -0.120 e. The maximum absolute atomic E-state index is 13.4. The minimum atomic E-state index is -5.14. The fourth-order valence-corrected chi connectivity index (χ4v) is 3.38. The highest BCUT2D eigenvalue weighted by molar-refractivity contribution is 8.21. The minimum absolute atomic E-state index is 0.295. The first-order valence-corrected chi connectivity index (χ1v) is 8.34. The van der Waals surface area contributed by atoms with Crippen molar-refractivity contribution in [3.8, 4) is 0 Å². The van der Waals surface area contributed by atoms with Gasteiger partial charge in [-0.2, -0.15) is 0 Å². The Bertz CT molecular complexity index is 383. The van der Waals surface area contributed by atoms with Crippen LogP contribution in [-0.2, 0) is 19.3 Å². The second kappa shape index (κ2) is 7.22. The fourth-order valence-electron chi connectivity index (χ4n) is 2.47. The van der Waals surface area contributed by atoms with E-state index in [2.05, 4.69) is 6.92 Å². The summed E-state index contributed by atoms with van der Waals surface area (Å²) in [4.78, 5) is -0.295. The lowest BCUT2D eigenvalue weighted by molar-refractivity contribution is 0.624. The van der Waals surface area contributed by atoms with Gasteiger partial charge in [-0.3, -0.25) is 0 Å². The molecular weight excluding hydrogens is 269 g/mol. The van der Waals surface area contributed by atoms with Gasteiger partial charge in [0.05, 0.1) is 4.90 Å². The Labute approximate surface area is 116 Å². The summed E-state index contributed by atoms with van der Waals surface area (Å²) in [6.07, 6.45) is 4.38. The summed E-state index contributed by atoms with van der Waals surface area (Å²) in [5.41, 5.74) is 2.08. The first kappa shape index (κ1) is 16.4. The second-order valence-electron chi connectivity index (χ2n) is 4.90. The van der Waals surface area contributed by atoms with Crippen molar-refractivity contribution in [1.29, 1.82) is 0 Å². The highest BCUT2D eigenvalue weighted by atomic mass is 32.3. The van der Waals surface area contributed by atoms with Crippen LogP contribution in [0.25, 0.3) is 0 Å². The quantitative estimate of drug-likeness (QED) is 0.548. The van der Waals surface area contributed by atoms with Crippen molar-refractivity contribution < 1.29 is 11.7 Å². The molecular formula is C15H23F3S. The topological polar surface area (TPSA) is 0 Å². The molecule has 19 heavy (non-hydrogen) atoms. The molecule has 1 aromatic carbocycles. The molecule has 0 bridgehead atoms. The van der Waals surface area contributed by atoms with Gasteiger partial charge in [0.1, 0.15) is 0 Å². The van der Waals surface area contributed by atoms with Crippen LogP contribution in [-0.4, -0.2) is 0 Å². The molecule has 1 rings (SSSR count). The molecule has 0 saturated carbocycles. The standard InChI is InChI=1S/C15H23F3S/c1-4-7-12-10-13(8-5-2)15(19(16,17)18)14(11-12)9-6-3/h10-11H,4-9H2,1-3H3. The van der Waals surface area contributed by atoms with Crippen LogP contribution >= 0.6 is 11.2 Å². The Kier molecular flexibility index (Phi) is 6.24. The van der Waals surface area contributed by atoms with Gasteiger partial charge in [-0.25, -0.2) is 0 Å². The maximum atomic E-state index is 13.4. The number of hydrogen-bond acceptors (Lipinski definition) is 0. The summed E-state index contributed by atoms with van der Waals surface area (Å²) in [5.74, 6) is 0. The Morgan fingerprint density at radius 2 is 1.21 bits per heavy atom. The average molecular weight is 292 g/mol. The van der Waals surface area contributed by atoms with Gasteiger partial charge in [-0.05, 0) is 36.0 Å². The van der Waals surface area contributed by atoms with E-state index in [9.17, 15) is 11.7 Å². The maximum Gasteiger partial charge on any atom is 0.238 e. The molecule has 0 saturated heterocycles. The van der Waals surface area contributed by atoms with Crippen molar-refractivity contribution in [1.82, 2.24) is 0 Å². The van der Waals surface area contributed by atoms with Gasteiger partial charge in [-0.15, -0.1) is 11.7 Å². The Hall–Kier alpha value is -0.640. The first-order chi connectivity index (χ1) is 8.93. The van der Waals surface area contributed by atoms with Crippen LogP contribution in [0.5, 0.6) is 0 Å². The van der Waals surface area contributed by atoms with Gasteiger partial charge in [-0.1, -0.05) is 52.2 Å². The van der Waals surface area contributed by atoms with E-state index in [0.717, 1.165) is 31.2 Å². The molecule has 0 heterocycles. The van der Waals surface area contributed by atoms with Crippen molar-refractivity contribution in [3.63, 3.8) is 0 Å². The van der Waals surface area contributed by atoms with E-state index in [1.807, 2.05) is 13.8 Å². The van der Waals surface area contributed by atoms with Gasteiger partial charge in [0.15, 0.2) is 0 Å². The molecule has 110 valence electrons. The first-order valence-electron chi connectivity index (χ1n) is 7.00. The van der Waals surface area contributed by atoms with Crippen molar-refractivity contribution in [2.75, 3.05) is 0 Å². The van der Waals surface area contributed by atoms with Crippen LogP contribution in [0.2, 0.25) is 0 Å². The third-order valence-electron chi connectivity index (χ3n) is 3.11. The van der Waals surface area contributed by atoms with Crippen molar-refractivity contribution in [2.24, 2.45) is 0 Å². The van der Waals surface area contributed by atoms with Crippen LogP contribution < -0.4 is 0 Å². The van der Waals surface area contributed by atoms with Crippen molar-refractivity contribution in [2.45, 2.75) is 64.2 Å². The SMILES string of the molecule is CCCc1cc(CCC)c(S(F)(F)F)c(CCC)c1. The highest BCUT2D eigenvalue weighted by Crippen LogP contribution is 2.63. The molecule has 0 spiro atoms. The van der Waals surface area contributed by atoms with E-state index >= 15 is 0 Å². The largest absolute Gasteiger partial charge is 0.238 e. The third-order valence-corrected chi connectivity index (χ3v) is 4.10. The Balaban J connectivity index is 3.37. The predicted octanol–water partition coefficient (Wildman–Crippen LogP) is 6.36. The predicted molar refractivity (Wildman–Crippen MR) is 77.6 cm³/mol. The molecule has 0 aliphatic rings. The Morgan fingerprint density at radius 1 is 0.789 bits per heavy atom. The number of halogens is 3. The van der Waals surface area contributed by atoms with Crippen molar-refractivity contribution >= 4 is 11.2 Å². The lowest BCUT2D eigenvalue weighted by atomic mass is 9.97. The number of hydrogen-bond donors (Lipinski definition) is 0. The van der Waals surface area contributed by atoms with Crippen LogP contribution in [0.1, 0.15) is 56.7 Å². The molecule has 0 nitrogen and oxygen atoms in total. The molecule has 0 fully saturated rings. The molecule has 0 aliphatic carbocycles. The van der Waals surface area contributed by atoms with Crippen LogP contribution in [0.3, 0.4) is 0 Å². The zero-order valence-corrected chi connectivity index (χ0v) is 12.8. The average Bonchev–Trinajstić information content (AvgIpc) is 2.28. The summed E-state index contributed by atoms with van der Waals surface area (Å²) in [6, 6.07) is 3.56. The van der Waals surface area contributed by atoms with Crippen LogP contribution in [0.15, 0.2) is 17.0 Å². The Morgan fingerprint density at radius 3 is 1.53 bits per heavy atom. The van der Waals surface area contributed by atoms with Gasteiger partial charge in [0.2, 0.25) is 11.2 Å². The van der Waals surface area contributed by atoms with Crippen LogP contribution in [0.4, 0.5) is 11.7 Å². The molecule has 1 aromatic rings. The summed E-state index contributed by atoms with van der Waals surface area (Å²) in [7, 11) is 0. The van der Waals surface area contributed by atoms with E-state index in [-0.39, 0.29) is 4.90 Å². The lowest BCUT2D eigenvalue weighted by Crippen LogP contribution is -2.01. The van der Waals surface area contributed by atoms with Gasteiger partial charge < -0.3 is 0 Å². The smallest absolute Gasteiger partial charge is 0.120 e. The van der Waals surface area contributed by atoms with E-state index < -0.39 is 11.2 Å². The summed E-state index contributed by atoms with van der Waals surface area (Å²) < 4.78 is 40.1. The summed E-state index contributed by atoms with van der Waals surface area (Å²) in [5, 5.41) is 0. The van der Waals surface area contributed by atoms with Crippen molar-refractivity contribution in [3.05, 3.63) is 28.8 Å². The summed E-state index contributed by atoms with van der Waals surface area (Å²) >= 11 is -5.14. The van der Waals surface area contributed by atoms with Gasteiger partial charge in [0.25, 0.3) is 0 Å². The monoisotopic (exact) mass is 292 g/mol. The number of rotatable bonds is 7. The fraction of sp³-hybridized carbons (Fsp3) is 0.600.